The molecule has 0 unspecified atom stereocenters. The standard InChI is InChI=1S/C16H14FN3O2/c1-22-14-5-4-10(7-12(14)17)8-20-9-11(16(18)21)15-13(20)3-2-6-19-15/h2-7,9H,8H2,1H3,(H2,18,21). The molecule has 0 radical (unpaired) electrons. The number of hydrogen-bond acceptors (Lipinski definition) is 3. The molecule has 5 nitrogen and oxygen atoms in total. The molecule has 0 aliphatic carbocycles. The summed E-state index contributed by atoms with van der Waals surface area (Å²) in [6, 6.07) is 8.37. The lowest BCUT2D eigenvalue weighted by Crippen LogP contribution is -2.10. The molecule has 2 heterocycles. The van der Waals surface area contributed by atoms with Gasteiger partial charge in [-0.1, -0.05) is 6.07 Å². The number of nitrogens with zero attached hydrogens (tertiary/aromatic N) is 2. The van der Waals surface area contributed by atoms with Crippen LogP contribution in [-0.2, 0) is 6.54 Å². The summed E-state index contributed by atoms with van der Waals surface area (Å²) in [6.07, 6.45) is 3.24. The van der Waals surface area contributed by atoms with Gasteiger partial charge in [-0.05, 0) is 29.8 Å². The van der Waals surface area contributed by atoms with E-state index in [-0.39, 0.29) is 5.75 Å². The number of hydrogen-bond donors (Lipinski definition) is 1. The molecule has 0 aliphatic heterocycles. The molecule has 3 aromatic rings. The normalized spacial score (nSPS) is 10.8. The van der Waals surface area contributed by atoms with Crippen molar-refractivity contribution in [2.24, 2.45) is 5.73 Å². The molecule has 1 aromatic carbocycles. The molecule has 22 heavy (non-hydrogen) atoms. The van der Waals surface area contributed by atoms with E-state index in [4.69, 9.17) is 10.5 Å². The maximum atomic E-state index is 13.8. The minimum atomic E-state index is -0.539. The lowest BCUT2D eigenvalue weighted by atomic mass is 10.2. The highest BCUT2D eigenvalue weighted by molar-refractivity contribution is 6.04. The summed E-state index contributed by atoms with van der Waals surface area (Å²) in [6.45, 7) is 0.399. The van der Waals surface area contributed by atoms with E-state index in [0.29, 0.717) is 17.6 Å². The number of nitrogens with two attached hydrogens (primary N) is 1. The molecule has 1 amide bonds. The van der Waals surface area contributed by atoms with Gasteiger partial charge in [-0.25, -0.2) is 4.39 Å². The number of ether oxygens (including phenoxy) is 1. The second kappa shape index (κ2) is 5.48. The molecule has 0 spiro atoms. The van der Waals surface area contributed by atoms with Crippen molar-refractivity contribution in [1.29, 1.82) is 0 Å². The van der Waals surface area contributed by atoms with Crippen molar-refractivity contribution < 1.29 is 13.9 Å². The minimum absolute atomic E-state index is 0.195. The van der Waals surface area contributed by atoms with E-state index in [1.165, 1.54) is 13.2 Å². The van der Waals surface area contributed by atoms with Gasteiger partial charge in [0.25, 0.3) is 5.91 Å². The van der Waals surface area contributed by atoms with Crippen molar-refractivity contribution in [3.63, 3.8) is 0 Å². The van der Waals surface area contributed by atoms with Gasteiger partial charge in [0.05, 0.1) is 18.2 Å². The van der Waals surface area contributed by atoms with Crippen LogP contribution in [0.4, 0.5) is 4.39 Å². The van der Waals surface area contributed by atoms with E-state index < -0.39 is 11.7 Å². The Balaban J connectivity index is 2.04. The van der Waals surface area contributed by atoms with Crippen molar-refractivity contribution in [1.82, 2.24) is 9.55 Å². The molecule has 0 bridgehead atoms. The first kappa shape index (κ1) is 14.1. The first-order valence-electron chi connectivity index (χ1n) is 6.66. The topological polar surface area (TPSA) is 70.1 Å². The summed E-state index contributed by atoms with van der Waals surface area (Å²) in [7, 11) is 1.42. The molecular formula is C16H14FN3O2. The largest absolute Gasteiger partial charge is 0.494 e. The number of pyridine rings is 1. The summed E-state index contributed by atoms with van der Waals surface area (Å²) in [5.41, 5.74) is 7.79. The first-order chi connectivity index (χ1) is 10.6. The Hall–Kier alpha value is -2.89. The van der Waals surface area contributed by atoms with Gasteiger partial charge >= 0.3 is 0 Å². The van der Waals surface area contributed by atoms with Crippen LogP contribution in [0.25, 0.3) is 11.0 Å². The summed E-state index contributed by atoms with van der Waals surface area (Å²) < 4.78 is 20.5. The van der Waals surface area contributed by atoms with Crippen LogP contribution in [0, 0.1) is 5.82 Å². The van der Waals surface area contributed by atoms with Crippen LogP contribution >= 0.6 is 0 Å². The van der Waals surface area contributed by atoms with Crippen LogP contribution in [0.3, 0.4) is 0 Å². The van der Waals surface area contributed by atoms with Gasteiger partial charge in [-0.3, -0.25) is 9.78 Å². The Bertz CT molecular complexity index is 858. The fourth-order valence-electron chi connectivity index (χ4n) is 2.44. The highest BCUT2D eigenvalue weighted by Crippen LogP contribution is 2.22. The Labute approximate surface area is 126 Å². The highest BCUT2D eigenvalue weighted by atomic mass is 19.1. The molecular weight excluding hydrogens is 285 g/mol. The van der Waals surface area contributed by atoms with Crippen LogP contribution in [0.5, 0.6) is 5.75 Å². The number of carbonyl (C=O) groups excluding carboxylic acids is 1. The number of primary amides is 1. The van der Waals surface area contributed by atoms with Crippen molar-refractivity contribution in [2.45, 2.75) is 6.54 Å². The van der Waals surface area contributed by atoms with Crippen LogP contribution in [-0.4, -0.2) is 22.6 Å². The smallest absolute Gasteiger partial charge is 0.252 e. The van der Waals surface area contributed by atoms with E-state index in [2.05, 4.69) is 4.98 Å². The molecule has 2 N–H and O–H groups in total. The Morgan fingerprint density at radius 1 is 1.41 bits per heavy atom. The molecule has 112 valence electrons. The number of halogens is 1. The predicted octanol–water partition coefficient (Wildman–Crippen LogP) is 2.33. The zero-order valence-electron chi connectivity index (χ0n) is 11.9. The van der Waals surface area contributed by atoms with Gasteiger partial charge in [0, 0.05) is 18.9 Å². The first-order valence-corrected chi connectivity index (χ1v) is 6.66. The number of amides is 1. The molecule has 0 saturated heterocycles. The number of methoxy groups -OCH3 is 1. The maximum absolute atomic E-state index is 13.8. The Kier molecular flexibility index (Phi) is 3.50. The molecule has 6 heteroatoms. The van der Waals surface area contributed by atoms with Crippen molar-refractivity contribution in [3.05, 3.63) is 59.7 Å². The van der Waals surface area contributed by atoms with E-state index >= 15 is 0 Å². The Morgan fingerprint density at radius 3 is 2.91 bits per heavy atom. The van der Waals surface area contributed by atoms with Gasteiger partial charge in [0.15, 0.2) is 11.6 Å². The third-order valence-electron chi connectivity index (χ3n) is 3.47. The number of aromatic nitrogens is 2. The van der Waals surface area contributed by atoms with Gasteiger partial charge in [0.1, 0.15) is 5.52 Å². The molecule has 0 aliphatic rings. The Morgan fingerprint density at radius 2 is 2.23 bits per heavy atom. The van der Waals surface area contributed by atoms with E-state index in [0.717, 1.165) is 11.1 Å². The van der Waals surface area contributed by atoms with Crippen molar-refractivity contribution in [2.75, 3.05) is 7.11 Å². The number of carbonyl (C=O) groups is 1. The van der Waals surface area contributed by atoms with Crippen LogP contribution in [0.1, 0.15) is 15.9 Å². The molecule has 3 rings (SSSR count). The molecule has 0 saturated carbocycles. The van der Waals surface area contributed by atoms with Crippen molar-refractivity contribution in [3.8, 4) is 5.75 Å². The molecule has 2 aromatic heterocycles. The van der Waals surface area contributed by atoms with E-state index in [1.807, 2.05) is 10.6 Å². The zero-order chi connectivity index (χ0) is 15.7. The quantitative estimate of drug-likeness (QED) is 0.803. The highest BCUT2D eigenvalue weighted by Gasteiger charge is 2.14. The fourth-order valence-corrected chi connectivity index (χ4v) is 2.44. The van der Waals surface area contributed by atoms with Gasteiger partial charge in [-0.2, -0.15) is 0 Å². The summed E-state index contributed by atoms with van der Waals surface area (Å²) >= 11 is 0. The fraction of sp³-hybridized carbons (Fsp3) is 0.125. The number of rotatable bonds is 4. The summed E-state index contributed by atoms with van der Waals surface area (Å²) in [5.74, 6) is -0.770. The van der Waals surface area contributed by atoms with E-state index in [1.54, 1.807) is 30.6 Å². The lowest BCUT2D eigenvalue weighted by Gasteiger charge is -2.07. The maximum Gasteiger partial charge on any atom is 0.252 e. The molecule has 0 fully saturated rings. The van der Waals surface area contributed by atoms with Crippen LogP contribution in [0.2, 0.25) is 0 Å². The second-order valence-electron chi connectivity index (χ2n) is 4.87. The minimum Gasteiger partial charge on any atom is -0.494 e. The van der Waals surface area contributed by atoms with Crippen LogP contribution in [0.15, 0.2) is 42.7 Å². The molecule has 0 atom stereocenters. The van der Waals surface area contributed by atoms with Crippen molar-refractivity contribution >= 4 is 16.9 Å². The monoisotopic (exact) mass is 299 g/mol. The van der Waals surface area contributed by atoms with E-state index in [9.17, 15) is 9.18 Å². The summed E-state index contributed by atoms with van der Waals surface area (Å²) in [5, 5.41) is 0. The SMILES string of the molecule is COc1ccc(Cn2cc(C(N)=O)c3ncccc32)cc1F. The average molecular weight is 299 g/mol. The average Bonchev–Trinajstić information content (AvgIpc) is 2.87. The summed E-state index contributed by atoms with van der Waals surface area (Å²) in [4.78, 5) is 15.7. The van der Waals surface area contributed by atoms with Gasteiger partial charge in [0.2, 0.25) is 0 Å². The lowest BCUT2D eigenvalue weighted by molar-refractivity contribution is 0.100. The third-order valence-corrected chi connectivity index (χ3v) is 3.47. The third kappa shape index (κ3) is 2.39. The zero-order valence-corrected chi connectivity index (χ0v) is 11.9. The number of fused-ring (bicyclic) bond motifs is 1. The number of benzene rings is 1. The van der Waals surface area contributed by atoms with Crippen LogP contribution < -0.4 is 10.5 Å². The van der Waals surface area contributed by atoms with Gasteiger partial charge in [-0.15, -0.1) is 0 Å². The predicted molar refractivity (Wildman–Crippen MR) is 80.3 cm³/mol. The van der Waals surface area contributed by atoms with Gasteiger partial charge < -0.3 is 15.0 Å². The second-order valence-corrected chi connectivity index (χ2v) is 4.87.